The highest BCUT2D eigenvalue weighted by molar-refractivity contribution is 5.77. The Bertz CT molecular complexity index is 828. The molecule has 0 saturated carbocycles. The quantitative estimate of drug-likeness (QED) is 0.0331. The van der Waals surface area contributed by atoms with Gasteiger partial charge in [-0.25, -0.2) is 0 Å². The van der Waals surface area contributed by atoms with Gasteiger partial charge >= 0.3 is 5.97 Å². The number of esters is 1. The smallest absolute Gasteiger partial charge is 0.306 e. The van der Waals surface area contributed by atoms with Crippen molar-refractivity contribution in [2.75, 3.05) is 6.61 Å². The van der Waals surface area contributed by atoms with E-state index >= 15 is 0 Å². The monoisotopic (exact) mass is 734 g/mol. The molecular formula is C46H87NO5. The Kier molecular flexibility index (Phi) is 39.2. The second-order valence-electron chi connectivity index (χ2n) is 15.4. The number of ether oxygens (including phenoxy) is 1. The number of hydrogen-bond acceptors (Lipinski definition) is 5. The van der Waals surface area contributed by atoms with Crippen LogP contribution in [-0.4, -0.2) is 46.9 Å². The van der Waals surface area contributed by atoms with Crippen molar-refractivity contribution in [1.82, 2.24) is 5.32 Å². The van der Waals surface area contributed by atoms with Crippen LogP contribution >= 0.6 is 0 Å². The molecule has 0 fully saturated rings. The van der Waals surface area contributed by atoms with Crippen LogP contribution in [0.2, 0.25) is 0 Å². The molecule has 0 aromatic carbocycles. The van der Waals surface area contributed by atoms with Crippen LogP contribution in [0.25, 0.3) is 0 Å². The largest absolute Gasteiger partial charge is 0.462 e. The van der Waals surface area contributed by atoms with Gasteiger partial charge in [-0.3, -0.25) is 9.59 Å². The van der Waals surface area contributed by atoms with E-state index < -0.39 is 18.2 Å². The third-order valence-electron chi connectivity index (χ3n) is 10.3. The van der Waals surface area contributed by atoms with Crippen LogP contribution in [0.3, 0.4) is 0 Å². The molecule has 3 unspecified atom stereocenters. The second-order valence-corrected chi connectivity index (χ2v) is 15.4. The lowest BCUT2D eigenvalue weighted by Crippen LogP contribution is -2.46. The predicted octanol–water partition coefficient (Wildman–Crippen LogP) is 12.8. The number of amides is 1. The molecule has 0 aromatic rings. The Morgan fingerprint density at radius 2 is 1.04 bits per heavy atom. The Hall–Kier alpha value is -1.66. The van der Waals surface area contributed by atoms with Gasteiger partial charge in [0.15, 0.2) is 0 Å². The zero-order valence-electron chi connectivity index (χ0n) is 34.7. The zero-order valence-corrected chi connectivity index (χ0v) is 34.7. The van der Waals surface area contributed by atoms with Gasteiger partial charge in [-0.15, -0.1) is 0 Å². The van der Waals surface area contributed by atoms with Gasteiger partial charge in [0.05, 0.1) is 25.2 Å². The minimum atomic E-state index is -0.781. The van der Waals surface area contributed by atoms with Gasteiger partial charge in [0, 0.05) is 6.42 Å². The van der Waals surface area contributed by atoms with Crippen molar-refractivity contribution < 1.29 is 24.5 Å². The van der Waals surface area contributed by atoms with E-state index in [1.807, 2.05) is 0 Å². The maximum atomic E-state index is 13.1. The van der Waals surface area contributed by atoms with Crippen molar-refractivity contribution in [2.45, 2.75) is 251 Å². The number of aliphatic hydroxyl groups excluding tert-OH is 2. The number of carbonyl (C=O) groups is 2. The van der Waals surface area contributed by atoms with Gasteiger partial charge in [0.25, 0.3) is 0 Å². The predicted molar refractivity (Wildman–Crippen MR) is 223 cm³/mol. The number of hydrogen-bond donors (Lipinski definition) is 3. The molecular weight excluding hydrogens is 647 g/mol. The van der Waals surface area contributed by atoms with Crippen molar-refractivity contribution in [3.8, 4) is 0 Å². The third-order valence-corrected chi connectivity index (χ3v) is 10.3. The molecule has 0 bridgehead atoms. The number of nitrogens with one attached hydrogen (secondary N) is 1. The SMILES string of the molecule is CC/C=C/C/C=C/CCCCCCCCCC(=O)OC(CCCCCCCCCCC)CC(=O)NC(CO)C(O)CCCCCCCCCCCC. The summed E-state index contributed by atoms with van der Waals surface area (Å²) >= 11 is 0. The standard InChI is InChI=1S/C46H87NO5/c1-4-7-10-13-16-19-21-22-23-24-27-30-33-36-39-46(51)52-42(37-34-31-28-25-18-15-12-9-6-3)40-45(50)47-43(41-48)44(49)38-35-32-29-26-20-17-14-11-8-5-2/h7,10,16,19,42-44,48-49H,4-6,8-9,11-15,17-18,20-41H2,1-3H3,(H,47,50)/b10-7+,19-16+. The molecule has 306 valence electrons. The molecule has 0 aromatic heterocycles. The third kappa shape index (κ3) is 35.4. The molecule has 0 aliphatic carbocycles. The lowest BCUT2D eigenvalue weighted by molar-refractivity contribution is -0.151. The fourth-order valence-corrected chi connectivity index (χ4v) is 6.88. The average molecular weight is 734 g/mol. The summed E-state index contributed by atoms with van der Waals surface area (Å²) in [5.74, 6) is -0.479. The van der Waals surface area contributed by atoms with Crippen LogP contribution in [0.4, 0.5) is 0 Å². The van der Waals surface area contributed by atoms with Gasteiger partial charge in [-0.2, -0.15) is 0 Å². The average Bonchev–Trinajstić information content (AvgIpc) is 3.13. The normalized spacial score (nSPS) is 13.6. The van der Waals surface area contributed by atoms with E-state index in [4.69, 9.17) is 4.74 Å². The second kappa shape index (κ2) is 40.5. The van der Waals surface area contributed by atoms with Crippen molar-refractivity contribution in [2.24, 2.45) is 0 Å². The van der Waals surface area contributed by atoms with E-state index in [0.29, 0.717) is 19.3 Å². The molecule has 1 amide bonds. The van der Waals surface area contributed by atoms with Gasteiger partial charge in [-0.05, 0) is 51.4 Å². The molecule has 0 spiro atoms. The van der Waals surface area contributed by atoms with Crippen molar-refractivity contribution in [1.29, 1.82) is 0 Å². The van der Waals surface area contributed by atoms with Crippen molar-refractivity contribution in [3.05, 3.63) is 24.3 Å². The fourth-order valence-electron chi connectivity index (χ4n) is 6.88. The topological polar surface area (TPSA) is 95.9 Å². The van der Waals surface area contributed by atoms with Crippen LogP contribution in [0.1, 0.15) is 233 Å². The summed E-state index contributed by atoms with van der Waals surface area (Å²) in [5, 5.41) is 23.6. The van der Waals surface area contributed by atoms with Gasteiger partial charge in [-0.1, -0.05) is 193 Å². The minimum Gasteiger partial charge on any atom is -0.462 e. The number of aliphatic hydroxyl groups is 2. The Morgan fingerprint density at radius 3 is 1.56 bits per heavy atom. The summed E-state index contributed by atoms with van der Waals surface area (Å²) in [6.45, 7) is 6.34. The van der Waals surface area contributed by atoms with Crippen LogP contribution < -0.4 is 5.32 Å². The van der Waals surface area contributed by atoms with Gasteiger partial charge in [0.1, 0.15) is 6.10 Å². The summed E-state index contributed by atoms with van der Waals surface area (Å²) in [6, 6.07) is -0.695. The Labute approximate surface area is 322 Å². The first-order valence-electron chi connectivity index (χ1n) is 22.6. The van der Waals surface area contributed by atoms with Crippen molar-refractivity contribution in [3.63, 3.8) is 0 Å². The van der Waals surface area contributed by atoms with E-state index in [-0.39, 0.29) is 24.9 Å². The highest BCUT2D eigenvalue weighted by Crippen LogP contribution is 2.18. The van der Waals surface area contributed by atoms with Gasteiger partial charge < -0.3 is 20.3 Å². The number of carbonyl (C=O) groups excluding carboxylic acids is 2. The molecule has 6 nitrogen and oxygen atoms in total. The molecule has 0 rings (SSSR count). The molecule has 0 radical (unpaired) electrons. The summed E-state index contributed by atoms with van der Waals surface area (Å²) in [4.78, 5) is 25.9. The lowest BCUT2D eigenvalue weighted by atomic mass is 10.0. The first-order valence-corrected chi connectivity index (χ1v) is 22.6. The van der Waals surface area contributed by atoms with E-state index in [9.17, 15) is 19.8 Å². The minimum absolute atomic E-state index is 0.0782. The summed E-state index contributed by atoms with van der Waals surface area (Å²) in [7, 11) is 0. The zero-order chi connectivity index (χ0) is 38.2. The van der Waals surface area contributed by atoms with Gasteiger partial charge in [0.2, 0.25) is 5.91 Å². The maximum Gasteiger partial charge on any atom is 0.306 e. The molecule has 0 aliphatic rings. The lowest BCUT2D eigenvalue weighted by Gasteiger charge is -2.24. The van der Waals surface area contributed by atoms with Crippen LogP contribution in [0.5, 0.6) is 0 Å². The number of unbranched alkanes of at least 4 members (excludes halogenated alkanes) is 24. The first-order chi connectivity index (χ1) is 25.5. The Balaban J connectivity index is 4.52. The summed E-state index contributed by atoms with van der Waals surface area (Å²) < 4.78 is 5.89. The summed E-state index contributed by atoms with van der Waals surface area (Å²) in [6.07, 6.45) is 43.8. The van der Waals surface area contributed by atoms with Crippen LogP contribution in [0.15, 0.2) is 24.3 Å². The maximum absolute atomic E-state index is 13.1. The van der Waals surface area contributed by atoms with Crippen molar-refractivity contribution >= 4 is 11.9 Å². The summed E-state index contributed by atoms with van der Waals surface area (Å²) in [5.41, 5.74) is 0. The highest BCUT2D eigenvalue weighted by Gasteiger charge is 2.24. The molecule has 6 heteroatoms. The number of rotatable bonds is 40. The fraction of sp³-hybridized carbons (Fsp3) is 0.870. The molecule has 52 heavy (non-hydrogen) atoms. The molecule has 3 atom stereocenters. The van der Waals surface area contributed by atoms with Crippen LogP contribution in [0, 0.1) is 0 Å². The Morgan fingerprint density at radius 1 is 0.577 bits per heavy atom. The first kappa shape index (κ1) is 50.3. The van der Waals surface area contributed by atoms with E-state index in [2.05, 4.69) is 50.4 Å². The highest BCUT2D eigenvalue weighted by atomic mass is 16.5. The molecule has 3 N–H and O–H groups in total. The van der Waals surface area contributed by atoms with E-state index in [1.165, 1.54) is 122 Å². The van der Waals surface area contributed by atoms with E-state index in [1.54, 1.807) is 0 Å². The van der Waals surface area contributed by atoms with Crippen LogP contribution in [-0.2, 0) is 14.3 Å². The molecule has 0 heterocycles. The molecule has 0 saturated heterocycles. The molecule has 0 aliphatic heterocycles. The van der Waals surface area contributed by atoms with E-state index in [0.717, 1.165) is 64.2 Å². The number of allylic oxidation sites excluding steroid dienone is 4.